The molecule has 6 heteroatoms. The molecular weight excluding hydrogens is 276 g/mol. The van der Waals surface area contributed by atoms with Crippen LogP contribution in [0, 0.1) is 6.92 Å². The molecule has 0 saturated heterocycles. The minimum absolute atomic E-state index is 0.133. The van der Waals surface area contributed by atoms with Crippen molar-refractivity contribution in [2.75, 3.05) is 23.8 Å². The lowest BCUT2D eigenvalue weighted by atomic mass is 10.3. The van der Waals surface area contributed by atoms with E-state index in [1.165, 1.54) is 6.33 Å². The Morgan fingerprint density at radius 2 is 2.15 bits per heavy atom. The van der Waals surface area contributed by atoms with E-state index >= 15 is 0 Å². The molecule has 0 unspecified atom stereocenters. The van der Waals surface area contributed by atoms with Crippen LogP contribution < -0.4 is 10.2 Å². The molecule has 0 aliphatic heterocycles. The molecule has 2 rings (SSSR count). The Morgan fingerprint density at radius 3 is 2.85 bits per heavy atom. The van der Waals surface area contributed by atoms with Crippen molar-refractivity contribution in [2.45, 2.75) is 6.92 Å². The average molecular weight is 291 g/mol. The lowest BCUT2D eigenvalue weighted by Gasteiger charge is -2.17. The molecule has 104 valence electrons. The van der Waals surface area contributed by atoms with Crippen LogP contribution in [0.3, 0.4) is 0 Å². The molecular formula is C14H15ClN4O. The number of aryl methyl sites for hydroxylation is 1. The Morgan fingerprint density at radius 1 is 1.35 bits per heavy atom. The van der Waals surface area contributed by atoms with Gasteiger partial charge < -0.3 is 10.2 Å². The Hall–Kier alpha value is -2.14. The van der Waals surface area contributed by atoms with E-state index in [1.807, 2.05) is 13.0 Å². The van der Waals surface area contributed by atoms with E-state index in [0.717, 1.165) is 5.69 Å². The predicted octanol–water partition coefficient (Wildman–Crippen LogP) is 2.51. The first-order chi connectivity index (χ1) is 9.54. The fraction of sp³-hybridized carbons (Fsp3) is 0.214. The second kappa shape index (κ2) is 6.34. The molecule has 0 radical (unpaired) electrons. The fourth-order valence-corrected chi connectivity index (χ4v) is 1.90. The summed E-state index contributed by atoms with van der Waals surface area (Å²) in [6.45, 7) is 2.08. The highest BCUT2D eigenvalue weighted by atomic mass is 35.5. The highest BCUT2D eigenvalue weighted by molar-refractivity contribution is 6.30. The van der Waals surface area contributed by atoms with E-state index in [0.29, 0.717) is 16.5 Å². The number of benzene rings is 1. The highest BCUT2D eigenvalue weighted by Crippen LogP contribution is 2.15. The number of nitrogens with zero attached hydrogens (tertiary/aromatic N) is 3. The zero-order valence-electron chi connectivity index (χ0n) is 11.3. The van der Waals surface area contributed by atoms with Crippen LogP contribution in [-0.4, -0.2) is 29.5 Å². The average Bonchev–Trinajstić information content (AvgIpc) is 2.38. The van der Waals surface area contributed by atoms with Crippen molar-refractivity contribution < 1.29 is 4.79 Å². The number of aromatic nitrogens is 2. The van der Waals surface area contributed by atoms with Gasteiger partial charge in [-0.05, 0) is 25.1 Å². The molecule has 2 aromatic rings. The number of carbonyl (C=O) groups is 1. The van der Waals surface area contributed by atoms with E-state index in [9.17, 15) is 4.79 Å². The van der Waals surface area contributed by atoms with Gasteiger partial charge in [-0.2, -0.15) is 0 Å². The highest BCUT2D eigenvalue weighted by Gasteiger charge is 2.09. The minimum atomic E-state index is -0.133. The summed E-state index contributed by atoms with van der Waals surface area (Å²) in [7, 11) is 1.80. The molecule has 0 aliphatic carbocycles. The third-order valence-electron chi connectivity index (χ3n) is 2.67. The maximum Gasteiger partial charge on any atom is 0.243 e. The van der Waals surface area contributed by atoms with Gasteiger partial charge in [-0.25, -0.2) is 9.97 Å². The summed E-state index contributed by atoms with van der Waals surface area (Å²) < 4.78 is 0. The Balaban J connectivity index is 1.97. The van der Waals surface area contributed by atoms with E-state index < -0.39 is 0 Å². The first-order valence-electron chi connectivity index (χ1n) is 6.10. The van der Waals surface area contributed by atoms with E-state index in [2.05, 4.69) is 15.3 Å². The summed E-state index contributed by atoms with van der Waals surface area (Å²) in [4.78, 5) is 21.9. The van der Waals surface area contributed by atoms with Crippen molar-refractivity contribution in [1.29, 1.82) is 0 Å². The van der Waals surface area contributed by atoms with Crippen LogP contribution >= 0.6 is 11.6 Å². The predicted molar refractivity (Wildman–Crippen MR) is 80.1 cm³/mol. The van der Waals surface area contributed by atoms with Crippen molar-refractivity contribution in [3.63, 3.8) is 0 Å². The molecule has 0 atom stereocenters. The smallest absolute Gasteiger partial charge is 0.243 e. The maximum absolute atomic E-state index is 12.0. The number of anilines is 2. The summed E-state index contributed by atoms with van der Waals surface area (Å²) in [6.07, 6.45) is 1.48. The van der Waals surface area contributed by atoms with E-state index in [1.54, 1.807) is 36.2 Å². The van der Waals surface area contributed by atoms with Gasteiger partial charge >= 0.3 is 0 Å². The summed E-state index contributed by atoms with van der Waals surface area (Å²) in [6, 6.07) is 8.86. The van der Waals surface area contributed by atoms with Gasteiger partial charge in [0.2, 0.25) is 5.91 Å². The maximum atomic E-state index is 12.0. The molecule has 1 heterocycles. The molecule has 1 aromatic heterocycles. The Kier molecular flexibility index (Phi) is 4.53. The van der Waals surface area contributed by atoms with Crippen LogP contribution in [0.4, 0.5) is 11.5 Å². The molecule has 1 aromatic carbocycles. The Labute approximate surface area is 122 Å². The molecule has 0 aliphatic rings. The van der Waals surface area contributed by atoms with Gasteiger partial charge in [0.05, 0.1) is 6.54 Å². The van der Waals surface area contributed by atoms with Crippen LogP contribution in [0.2, 0.25) is 5.02 Å². The number of amides is 1. The van der Waals surface area contributed by atoms with Crippen molar-refractivity contribution >= 4 is 29.0 Å². The lowest BCUT2D eigenvalue weighted by Crippen LogP contribution is -2.30. The zero-order valence-corrected chi connectivity index (χ0v) is 12.1. The number of hydrogen-bond acceptors (Lipinski definition) is 4. The number of hydrogen-bond donors (Lipinski definition) is 1. The monoisotopic (exact) mass is 290 g/mol. The van der Waals surface area contributed by atoms with Crippen LogP contribution in [0.1, 0.15) is 5.69 Å². The summed E-state index contributed by atoms with van der Waals surface area (Å²) >= 11 is 5.87. The van der Waals surface area contributed by atoms with Crippen LogP contribution in [0.25, 0.3) is 0 Å². The van der Waals surface area contributed by atoms with Crippen LogP contribution in [-0.2, 0) is 4.79 Å². The van der Waals surface area contributed by atoms with Gasteiger partial charge in [-0.3, -0.25) is 4.79 Å². The number of halogens is 1. The molecule has 5 nitrogen and oxygen atoms in total. The SMILES string of the molecule is Cc1cc(N(C)CC(=O)Nc2cccc(Cl)c2)ncn1. The topological polar surface area (TPSA) is 58.1 Å². The number of likely N-dealkylation sites (N-methyl/N-ethyl adjacent to an activating group) is 1. The van der Waals surface area contributed by atoms with Crippen LogP contribution in [0.15, 0.2) is 36.7 Å². The normalized spacial score (nSPS) is 10.2. The van der Waals surface area contributed by atoms with Gasteiger partial charge in [0, 0.05) is 29.5 Å². The van der Waals surface area contributed by atoms with E-state index in [-0.39, 0.29) is 12.5 Å². The number of rotatable bonds is 4. The molecule has 0 spiro atoms. The second-order valence-corrected chi connectivity index (χ2v) is 4.87. The van der Waals surface area contributed by atoms with Gasteiger partial charge in [-0.1, -0.05) is 17.7 Å². The minimum Gasteiger partial charge on any atom is -0.350 e. The van der Waals surface area contributed by atoms with Crippen molar-refractivity contribution in [3.8, 4) is 0 Å². The molecule has 0 fully saturated rings. The fourth-order valence-electron chi connectivity index (χ4n) is 1.71. The Bertz CT molecular complexity index is 618. The largest absolute Gasteiger partial charge is 0.350 e. The quantitative estimate of drug-likeness (QED) is 0.940. The molecule has 20 heavy (non-hydrogen) atoms. The van der Waals surface area contributed by atoms with Crippen molar-refractivity contribution in [3.05, 3.63) is 47.4 Å². The zero-order chi connectivity index (χ0) is 14.5. The lowest BCUT2D eigenvalue weighted by molar-refractivity contribution is -0.114. The summed E-state index contributed by atoms with van der Waals surface area (Å²) in [5.41, 5.74) is 1.53. The van der Waals surface area contributed by atoms with Crippen LogP contribution in [0.5, 0.6) is 0 Å². The molecule has 0 bridgehead atoms. The molecule has 0 saturated carbocycles. The first kappa shape index (κ1) is 14.3. The third-order valence-corrected chi connectivity index (χ3v) is 2.90. The number of nitrogens with one attached hydrogen (secondary N) is 1. The second-order valence-electron chi connectivity index (χ2n) is 4.43. The molecule has 1 amide bonds. The number of carbonyl (C=O) groups excluding carboxylic acids is 1. The van der Waals surface area contributed by atoms with Gasteiger partial charge in [-0.15, -0.1) is 0 Å². The molecule has 1 N–H and O–H groups in total. The first-order valence-corrected chi connectivity index (χ1v) is 6.47. The van der Waals surface area contributed by atoms with Gasteiger partial charge in [0.25, 0.3) is 0 Å². The standard InChI is InChI=1S/C14H15ClN4O/c1-10-6-13(17-9-16-10)19(2)8-14(20)18-12-5-3-4-11(15)7-12/h3-7,9H,8H2,1-2H3,(H,18,20). The van der Waals surface area contributed by atoms with Crippen molar-refractivity contribution in [2.24, 2.45) is 0 Å². The van der Waals surface area contributed by atoms with E-state index in [4.69, 9.17) is 11.6 Å². The third kappa shape index (κ3) is 3.93. The summed E-state index contributed by atoms with van der Waals surface area (Å²) in [5.74, 6) is 0.574. The summed E-state index contributed by atoms with van der Waals surface area (Å²) in [5, 5.41) is 3.38. The van der Waals surface area contributed by atoms with Gasteiger partial charge in [0.15, 0.2) is 0 Å². The van der Waals surface area contributed by atoms with Crippen molar-refractivity contribution in [1.82, 2.24) is 9.97 Å². The van der Waals surface area contributed by atoms with Gasteiger partial charge in [0.1, 0.15) is 12.1 Å².